The summed E-state index contributed by atoms with van der Waals surface area (Å²) in [5.74, 6) is 0.272. The average Bonchev–Trinajstić information content (AvgIpc) is 3.14. The molecule has 0 unspecified atom stereocenters. The number of fused-ring (bicyclic) bond motifs is 3. The molecule has 0 spiro atoms. The minimum atomic E-state index is -0.355. The third-order valence-corrected chi connectivity index (χ3v) is 4.79. The number of hydrogen-bond acceptors (Lipinski definition) is 7. The molecule has 0 bridgehead atoms. The number of anilines is 1. The Bertz CT molecular complexity index is 847. The normalized spacial score (nSPS) is 13.1. The highest BCUT2D eigenvalue weighted by Gasteiger charge is 2.21. The minimum Gasteiger partial charge on any atom is -0.281 e. The molecule has 1 amide bonds. The lowest BCUT2D eigenvalue weighted by molar-refractivity contribution is 0.0957. The summed E-state index contributed by atoms with van der Waals surface area (Å²) < 4.78 is 0. The quantitative estimate of drug-likeness (QED) is 0.715. The fraction of sp³-hybridized carbons (Fsp3) is 0.214. The van der Waals surface area contributed by atoms with E-state index in [1.165, 1.54) is 35.4 Å². The van der Waals surface area contributed by atoms with Crippen LogP contribution in [0.5, 0.6) is 0 Å². The maximum Gasteiger partial charge on any atom is 0.289 e. The number of nitrogens with zero attached hydrogens (tertiary/aromatic N) is 4. The van der Waals surface area contributed by atoms with Gasteiger partial charge in [0, 0.05) is 17.3 Å². The predicted octanol–water partition coefficient (Wildman–Crippen LogP) is 1.73. The first kappa shape index (κ1) is 13.1. The van der Waals surface area contributed by atoms with E-state index >= 15 is 0 Å². The minimum absolute atomic E-state index is 0.246. The molecule has 2 N–H and O–H groups in total. The van der Waals surface area contributed by atoms with Crippen molar-refractivity contribution >= 4 is 33.3 Å². The fourth-order valence-electron chi connectivity index (χ4n) is 2.62. The monoisotopic (exact) mass is 312 g/mol. The number of nitrogens with one attached hydrogen (secondary N) is 2. The second-order valence-corrected chi connectivity index (χ2v) is 6.01. The number of amides is 1. The number of hydrogen-bond donors (Lipinski definition) is 2. The van der Waals surface area contributed by atoms with Gasteiger partial charge in [0.25, 0.3) is 5.91 Å². The molecule has 0 atom stereocenters. The first-order valence-electron chi connectivity index (χ1n) is 6.90. The Morgan fingerprint density at radius 1 is 1.18 bits per heavy atom. The van der Waals surface area contributed by atoms with Crippen molar-refractivity contribution in [2.24, 2.45) is 0 Å². The molecule has 0 aliphatic heterocycles. The van der Waals surface area contributed by atoms with Crippen molar-refractivity contribution in [3.63, 3.8) is 0 Å². The number of aromatic nitrogens is 4. The Balaban J connectivity index is 1.61. The Morgan fingerprint density at radius 3 is 3.00 bits per heavy atom. The van der Waals surface area contributed by atoms with E-state index in [-0.39, 0.29) is 11.6 Å². The molecular formula is C14H12N6OS. The van der Waals surface area contributed by atoms with Crippen LogP contribution in [0.25, 0.3) is 10.2 Å². The Kier molecular flexibility index (Phi) is 3.15. The molecule has 1 aliphatic carbocycles. The molecular weight excluding hydrogens is 300 g/mol. The maximum absolute atomic E-state index is 12.0. The van der Waals surface area contributed by atoms with Crippen molar-refractivity contribution in [3.8, 4) is 0 Å². The molecule has 0 aromatic carbocycles. The zero-order chi connectivity index (χ0) is 14.9. The summed E-state index contributed by atoms with van der Waals surface area (Å²) in [6.07, 6.45) is 9.21. The number of carbonyl (C=O) groups is 1. The van der Waals surface area contributed by atoms with E-state index in [2.05, 4.69) is 30.8 Å². The highest BCUT2D eigenvalue weighted by atomic mass is 32.1. The summed E-state index contributed by atoms with van der Waals surface area (Å²) in [5, 5.41) is 1.01. The molecule has 8 heteroatoms. The Labute approximate surface area is 129 Å². The van der Waals surface area contributed by atoms with Crippen molar-refractivity contribution in [1.82, 2.24) is 25.4 Å². The van der Waals surface area contributed by atoms with E-state index in [1.54, 1.807) is 11.3 Å². The SMILES string of the molecule is O=C(NNc1ncnc2sc3c(c12)CCC3)c1cnccn1. The summed E-state index contributed by atoms with van der Waals surface area (Å²) in [7, 11) is 0. The van der Waals surface area contributed by atoms with Gasteiger partial charge in [-0.3, -0.25) is 20.6 Å². The van der Waals surface area contributed by atoms with Crippen LogP contribution in [0.1, 0.15) is 27.3 Å². The fourth-order valence-corrected chi connectivity index (χ4v) is 3.85. The van der Waals surface area contributed by atoms with Crippen molar-refractivity contribution in [3.05, 3.63) is 41.1 Å². The number of carbonyl (C=O) groups excluding carboxylic acids is 1. The molecule has 110 valence electrons. The first-order valence-corrected chi connectivity index (χ1v) is 7.72. The zero-order valence-corrected chi connectivity index (χ0v) is 12.4. The maximum atomic E-state index is 12.0. The van der Waals surface area contributed by atoms with E-state index in [1.807, 2.05) is 0 Å². The highest BCUT2D eigenvalue weighted by Crippen LogP contribution is 2.38. The molecule has 1 aliphatic rings. The third-order valence-electron chi connectivity index (χ3n) is 3.59. The largest absolute Gasteiger partial charge is 0.289 e. The summed E-state index contributed by atoms with van der Waals surface area (Å²) >= 11 is 1.71. The average molecular weight is 312 g/mol. The van der Waals surface area contributed by atoms with E-state index in [0.29, 0.717) is 5.82 Å². The van der Waals surface area contributed by atoms with E-state index in [4.69, 9.17) is 0 Å². The predicted molar refractivity (Wildman–Crippen MR) is 82.6 cm³/mol. The van der Waals surface area contributed by atoms with Crippen LogP contribution in [-0.4, -0.2) is 25.8 Å². The van der Waals surface area contributed by atoms with Crippen molar-refractivity contribution in [2.75, 3.05) is 5.43 Å². The number of hydrazine groups is 1. The molecule has 3 aromatic heterocycles. The standard InChI is InChI=1S/C14H12N6OS/c21-13(9-6-15-4-5-16-9)20-19-12-11-8-2-1-3-10(8)22-14(11)18-7-17-12/h4-7H,1-3H2,(H,20,21)(H,17,18,19). The van der Waals surface area contributed by atoms with Crippen LogP contribution in [0.2, 0.25) is 0 Å². The Morgan fingerprint density at radius 2 is 2.14 bits per heavy atom. The van der Waals surface area contributed by atoms with Crippen LogP contribution in [0, 0.1) is 0 Å². The number of aryl methyl sites for hydroxylation is 2. The lowest BCUT2D eigenvalue weighted by Gasteiger charge is -2.08. The van der Waals surface area contributed by atoms with Crippen LogP contribution in [0.4, 0.5) is 5.82 Å². The van der Waals surface area contributed by atoms with Crippen molar-refractivity contribution in [1.29, 1.82) is 0 Å². The summed E-state index contributed by atoms with van der Waals surface area (Å²) in [4.78, 5) is 30.7. The van der Waals surface area contributed by atoms with Gasteiger partial charge in [0.05, 0.1) is 11.6 Å². The molecule has 7 nitrogen and oxygen atoms in total. The lowest BCUT2D eigenvalue weighted by atomic mass is 10.2. The van der Waals surface area contributed by atoms with Crippen LogP contribution >= 0.6 is 11.3 Å². The van der Waals surface area contributed by atoms with Crippen LogP contribution in [0.3, 0.4) is 0 Å². The molecule has 0 fully saturated rings. The molecule has 4 rings (SSSR count). The lowest BCUT2D eigenvalue weighted by Crippen LogP contribution is -2.30. The number of rotatable bonds is 3. The second-order valence-electron chi connectivity index (χ2n) is 4.93. The van der Waals surface area contributed by atoms with Gasteiger partial charge in [-0.2, -0.15) is 0 Å². The Hall–Kier alpha value is -2.61. The van der Waals surface area contributed by atoms with Crippen molar-refractivity contribution < 1.29 is 4.79 Å². The van der Waals surface area contributed by atoms with Gasteiger partial charge in [-0.1, -0.05) is 0 Å². The molecule has 0 saturated heterocycles. The van der Waals surface area contributed by atoms with Crippen LogP contribution in [-0.2, 0) is 12.8 Å². The molecule has 22 heavy (non-hydrogen) atoms. The van der Waals surface area contributed by atoms with E-state index < -0.39 is 0 Å². The van der Waals surface area contributed by atoms with Gasteiger partial charge in [-0.05, 0) is 24.8 Å². The summed E-state index contributed by atoms with van der Waals surface area (Å²) in [6, 6.07) is 0. The zero-order valence-electron chi connectivity index (χ0n) is 11.5. The summed E-state index contributed by atoms with van der Waals surface area (Å²) in [5.41, 5.74) is 7.05. The molecule has 0 saturated carbocycles. The summed E-state index contributed by atoms with van der Waals surface area (Å²) in [6.45, 7) is 0. The van der Waals surface area contributed by atoms with Gasteiger partial charge in [0.15, 0.2) is 5.82 Å². The van der Waals surface area contributed by atoms with Crippen molar-refractivity contribution in [2.45, 2.75) is 19.3 Å². The molecule has 3 aromatic rings. The topological polar surface area (TPSA) is 92.7 Å². The van der Waals surface area contributed by atoms with Gasteiger partial charge in [0.1, 0.15) is 16.9 Å². The van der Waals surface area contributed by atoms with E-state index in [9.17, 15) is 4.79 Å². The van der Waals surface area contributed by atoms with Gasteiger partial charge in [-0.25, -0.2) is 15.0 Å². The molecule has 3 heterocycles. The molecule has 0 radical (unpaired) electrons. The van der Waals surface area contributed by atoms with Gasteiger partial charge < -0.3 is 0 Å². The smallest absolute Gasteiger partial charge is 0.281 e. The van der Waals surface area contributed by atoms with Crippen LogP contribution < -0.4 is 10.9 Å². The van der Waals surface area contributed by atoms with Gasteiger partial charge in [0.2, 0.25) is 0 Å². The van der Waals surface area contributed by atoms with Crippen LogP contribution in [0.15, 0.2) is 24.9 Å². The van der Waals surface area contributed by atoms with Gasteiger partial charge >= 0.3 is 0 Å². The second kappa shape index (κ2) is 5.30. The number of thiophene rings is 1. The van der Waals surface area contributed by atoms with Gasteiger partial charge in [-0.15, -0.1) is 11.3 Å². The van der Waals surface area contributed by atoms with E-state index in [0.717, 1.165) is 29.5 Å². The third kappa shape index (κ3) is 2.17. The first-order chi connectivity index (χ1) is 10.8. The highest BCUT2D eigenvalue weighted by molar-refractivity contribution is 7.19.